The van der Waals surface area contributed by atoms with Crippen molar-refractivity contribution in [3.8, 4) is 0 Å². The molecule has 2 heterocycles. The van der Waals surface area contributed by atoms with Crippen molar-refractivity contribution in [2.24, 2.45) is 5.92 Å². The second-order valence-corrected chi connectivity index (χ2v) is 6.52. The fourth-order valence-electron chi connectivity index (χ4n) is 3.46. The van der Waals surface area contributed by atoms with E-state index >= 15 is 0 Å². The molecular weight excluding hydrogens is 292 g/mol. The molecule has 0 aliphatic carbocycles. The Morgan fingerprint density at radius 3 is 2.83 bits per heavy atom. The van der Waals surface area contributed by atoms with Gasteiger partial charge in [-0.25, -0.2) is 0 Å². The molecule has 0 bridgehead atoms. The van der Waals surface area contributed by atoms with Crippen molar-refractivity contribution in [1.82, 2.24) is 10.6 Å². The van der Waals surface area contributed by atoms with Gasteiger partial charge in [0.25, 0.3) is 0 Å². The number of amides is 2. The summed E-state index contributed by atoms with van der Waals surface area (Å²) in [5.41, 5.74) is 0.308. The molecular formula is C18H24N2O3. The van der Waals surface area contributed by atoms with Crippen LogP contribution < -0.4 is 10.6 Å². The molecule has 2 fully saturated rings. The number of piperidine rings is 1. The van der Waals surface area contributed by atoms with Crippen LogP contribution in [0, 0.1) is 5.92 Å². The summed E-state index contributed by atoms with van der Waals surface area (Å²) in [6.07, 6.45) is 3.08. The van der Waals surface area contributed by atoms with Crippen LogP contribution in [0.2, 0.25) is 0 Å². The summed E-state index contributed by atoms with van der Waals surface area (Å²) in [6.45, 7) is 2.55. The monoisotopic (exact) mass is 316 g/mol. The Morgan fingerprint density at radius 1 is 1.35 bits per heavy atom. The largest absolute Gasteiger partial charge is 0.381 e. The molecule has 2 N–H and O–H groups in total. The van der Waals surface area contributed by atoms with Gasteiger partial charge in [-0.3, -0.25) is 9.59 Å². The minimum atomic E-state index is -0.662. The van der Waals surface area contributed by atoms with Gasteiger partial charge in [0.05, 0.1) is 12.0 Å². The molecule has 124 valence electrons. The first-order chi connectivity index (χ1) is 11.2. The SMILES string of the molecule is O=C1CC[C@@](C(=O)NC[C@H]2CCCOC2)(c2ccccc2)CN1. The summed E-state index contributed by atoms with van der Waals surface area (Å²) < 4.78 is 5.48. The van der Waals surface area contributed by atoms with Crippen LogP contribution in [0.3, 0.4) is 0 Å². The molecule has 3 rings (SSSR count). The summed E-state index contributed by atoms with van der Waals surface area (Å²) in [5.74, 6) is 0.415. The molecule has 0 saturated carbocycles. The van der Waals surface area contributed by atoms with Crippen molar-refractivity contribution >= 4 is 11.8 Å². The lowest BCUT2D eigenvalue weighted by Gasteiger charge is -2.37. The van der Waals surface area contributed by atoms with E-state index in [4.69, 9.17) is 4.74 Å². The van der Waals surface area contributed by atoms with E-state index in [0.29, 0.717) is 31.8 Å². The molecule has 5 heteroatoms. The maximum absolute atomic E-state index is 13.0. The first kappa shape index (κ1) is 16.0. The topological polar surface area (TPSA) is 67.4 Å². The number of nitrogens with one attached hydrogen (secondary N) is 2. The van der Waals surface area contributed by atoms with Crippen LogP contribution in [0.15, 0.2) is 30.3 Å². The van der Waals surface area contributed by atoms with Gasteiger partial charge in [0.2, 0.25) is 11.8 Å². The maximum Gasteiger partial charge on any atom is 0.232 e. The van der Waals surface area contributed by atoms with Gasteiger partial charge >= 0.3 is 0 Å². The summed E-state index contributed by atoms with van der Waals surface area (Å²) >= 11 is 0. The average molecular weight is 316 g/mol. The molecule has 23 heavy (non-hydrogen) atoms. The molecule has 2 atom stereocenters. The van der Waals surface area contributed by atoms with Crippen molar-refractivity contribution in [3.63, 3.8) is 0 Å². The summed E-state index contributed by atoms with van der Waals surface area (Å²) in [5, 5.41) is 5.97. The maximum atomic E-state index is 13.0. The molecule has 1 aromatic rings. The first-order valence-corrected chi connectivity index (χ1v) is 8.39. The van der Waals surface area contributed by atoms with Gasteiger partial charge < -0.3 is 15.4 Å². The number of ether oxygens (including phenoxy) is 1. The van der Waals surface area contributed by atoms with Crippen LogP contribution in [0.1, 0.15) is 31.2 Å². The second kappa shape index (κ2) is 7.13. The summed E-state index contributed by atoms with van der Waals surface area (Å²) in [7, 11) is 0. The molecule has 5 nitrogen and oxygen atoms in total. The zero-order valence-electron chi connectivity index (χ0n) is 13.3. The molecule has 0 aromatic heterocycles. The van der Waals surface area contributed by atoms with Crippen molar-refractivity contribution in [2.45, 2.75) is 31.1 Å². The highest BCUT2D eigenvalue weighted by molar-refractivity contribution is 5.91. The normalized spacial score (nSPS) is 28.0. The van der Waals surface area contributed by atoms with Crippen LogP contribution in [-0.4, -0.2) is 38.1 Å². The van der Waals surface area contributed by atoms with Crippen LogP contribution in [0.25, 0.3) is 0 Å². The second-order valence-electron chi connectivity index (χ2n) is 6.52. The van der Waals surface area contributed by atoms with Gasteiger partial charge in [-0.2, -0.15) is 0 Å². The van der Waals surface area contributed by atoms with E-state index in [1.54, 1.807) is 0 Å². The third kappa shape index (κ3) is 3.55. The molecule has 0 unspecified atom stereocenters. The number of hydrogen-bond acceptors (Lipinski definition) is 3. The lowest BCUT2D eigenvalue weighted by atomic mass is 9.73. The molecule has 2 aliphatic rings. The van der Waals surface area contributed by atoms with E-state index in [0.717, 1.165) is 31.6 Å². The predicted octanol–water partition coefficient (Wildman–Crippen LogP) is 1.38. The van der Waals surface area contributed by atoms with E-state index in [-0.39, 0.29) is 11.8 Å². The van der Waals surface area contributed by atoms with Gasteiger partial charge in [-0.05, 0) is 30.7 Å². The Balaban J connectivity index is 1.72. The number of carbonyl (C=O) groups excluding carboxylic acids is 2. The zero-order valence-corrected chi connectivity index (χ0v) is 13.3. The van der Waals surface area contributed by atoms with Gasteiger partial charge in [0, 0.05) is 26.1 Å². The fraction of sp³-hybridized carbons (Fsp3) is 0.556. The van der Waals surface area contributed by atoms with Crippen LogP contribution >= 0.6 is 0 Å². The molecule has 1 aromatic carbocycles. The van der Waals surface area contributed by atoms with Crippen LogP contribution in [0.4, 0.5) is 0 Å². The van der Waals surface area contributed by atoms with Crippen molar-refractivity contribution in [1.29, 1.82) is 0 Å². The fourth-order valence-corrected chi connectivity index (χ4v) is 3.46. The standard InChI is InChI=1S/C18H24N2O3/c21-16-8-9-18(13-20-16,15-6-2-1-3-7-15)17(22)19-11-14-5-4-10-23-12-14/h1-3,6-7,14H,4-5,8-13H2,(H,19,22)(H,20,21)/t14-,18+/m1/s1. The molecule has 2 saturated heterocycles. The highest BCUT2D eigenvalue weighted by Gasteiger charge is 2.43. The Kier molecular flexibility index (Phi) is 4.96. The lowest BCUT2D eigenvalue weighted by molar-refractivity contribution is -0.131. The molecule has 2 amide bonds. The van der Waals surface area contributed by atoms with E-state index in [1.807, 2.05) is 30.3 Å². The third-order valence-corrected chi connectivity index (χ3v) is 4.93. The molecule has 0 radical (unpaired) electrons. The zero-order chi connectivity index (χ0) is 16.1. The summed E-state index contributed by atoms with van der Waals surface area (Å²) in [4.78, 5) is 24.5. The number of rotatable bonds is 4. The van der Waals surface area contributed by atoms with Crippen molar-refractivity contribution in [3.05, 3.63) is 35.9 Å². The van der Waals surface area contributed by atoms with Gasteiger partial charge in [-0.15, -0.1) is 0 Å². The minimum Gasteiger partial charge on any atom is -0.381 e. The Labute approximate surface area is 136 Å². The lowest BCUT2D eigenvalue weighted by Crippen LogP contribution is -2.55. The van der Waals surface area contributed by atoms with E-state index in [9.17, 15) is 9.59 Å². The summed E-state index contributed by atoms with van der Waals surface area (Å²) in [6, 6.07) is 9.77. The van der Waals surface area contributed by atoms with Gasteiger partial charge in [0.15, 0.2) is 0 Å². The van der Waals surface area contributed by atoms with E-state index in [1.165, 1.54) is 0 Å². The number of hydrogen-bond donors (Lipinski definition) is 2. The minimum absolute atomic E-state index is 0.00859. The van der Waals surface area contributed by atoms with Crippen LogP contribution in [0.5, 0.6) is 0 Å². The number of benzene rings is 1. The Morgan fingerprint density at radius 2 is 2.17 bits per heavy atom. The van der Waals surface area contributed by atoms with Gasteiger partial charge in [0.1, 0.15) is 0 Å². The van der Waals surface area contributed by atoms with E-state index in [2.05, 4.69) is 10.6 Å². The molecule has 0 spiro atoms. The highest BCUT2D eigenvalue weighted by atomic mass is 16.5. The third-order valence-electron chi connectivity index (χ3n) is 4.93. The first-order valence-electron chi connectivity index (χ1n) is 8.39. The Bertz CT molecular complexity index is 543. The predicted molar refractivity (Wildman–Crippen MR) is 86.9 cm³/mol. The number of carbonyl (C=O) groups is 2. The van der Waals surface area contributed by atoms with Crippen LogP contribution in [-0.2, 0) is 19.7 Å². The van der Waals surface area contributed by atoms with Crippen molar-refractivity contribution < 1.29 is 14.3 Å². The molecule has 2 aliphatic heterocycles. The smallest absolute Gasteiger partial charge is 0.232 e. The van der Waals surface area contributed by atoms with E-state index < -0.39 is 5.41 Å². The Hall–Kier alpha value is -1.88. The van der Waals surface area contributed by atoms with Gasteiger partial charge in [-0.1, -0.05) is 30.3 Å². The quantitative estimate of drug-likeness (QED) is 0.882. The van der Waals surface area contributed by atoms with Crippen molar-refractivity contribution in [2.75, 3.05) is 26.3 Å². The highest BCUT2D eigenvalue weighted by Crippen LogP contribution is 2.32. The average Bonchev–Trinajstić information content (AvgIpc) is 2.62.